The zero-order chi connectivity index (χ0) is 22.8. The molecule has 1 aromatic carbocycles. The van der Waals surface area contributed by atoms with E-state index in [0.717, 1.165) is 18.4 Å². The molecule has 0 spiro atoms. The van der Waals surface area contributed by atoms with Crippen molar-refractivity contribution in [1.29, 1.82) is 0 Å². The number of carbonyl (C=O) groups excluding carboxylic acids is 1. The number of hydrogen-bond donors (Lipinski definition) is 2. The minimum Gasteiger partial charge on any atom is -0.326 e. The number of piperidine rings is 1. The van der Waals surface area contributed by atoms with Crippen molar-refractivity contribution in [2.75, 3.05) is 24.5 Å². The first-order valence-electron chi connectivity index (χ1n) is 10.2. The van der Waals surface area contributed by atoms with Crippen LogP contribution < -0.4 is 16.3 Å². The Labute approximate surface area is 183 Å². The second-order valence-electron chi connectivity index (χ2n) is 8.93. The lowest BCUT2D eigenvalue weighted by atomic mass is 9.87. The van der Waals surface area contributed by atoms with E-state index in [9.17, 15) is 13.2 Å². The van der Waals surface area contributed by atoms with Gasteiger partial charge in [-0.2, -0.15) is 0 Å². The molecule has 168 valence electrons. The van der Waals surface area contributed by atoms with Gasteiger partial charge in [-0.15, -0.1) is 0 Å². The first-order chi connectivity index (χ1) is 14.4. The highest BCUT2D eigenvalue weighted by molar-refractivity contribution is 7.90. The molecule has 31 heavy (non-hydrogen) atoms. The molecule has 0 bridgehead atoms. The van der Waals surface area contributed by atoms with Crippen LogP contribution in [-0.4, -0.2) is 54.7 Å². The topological polar surface area (TPSA) is 122 Å². The van der Waals surface area contributed by atoms with Gasteiger partial charge in [0.15, 0.2) is 9.84 Å². The highest BCUT2D eigenvalue weighted by Gasteiger charge is 2.27. The van der Waals surface area contributed by atoms with Gasteiger partial charge in [0, 0.05) is 37.8 Å². The van der Waals surface area contributed by atoms with Crippen molar-refractivity contribution >= 4 is 21.4 Å². The molecular formula is C21H30N6O3S. The summed E-state index contributed by atoms with van der Waals surface area (Å²) in [6.45, 7) is 7.24. The quantitative estimate of drug-likeness (QED) is 0.665. The predicted molar refractivity (Wildman–Crippen MR) is 119 cm³/mol. The summed E-state index contributed by atoms with van der Waals surface area (Å²) in [7, 11) is -3.47. The average molecular weight is 447 g/mol. The maximum atomic E-state index is 12.9. The van der Waals surface area contributed by atoms with E-state index in [1.54, 1.807) is 17.3 Å². The third-order valence-corrected chi connectivity index (χ3v) is 6.27. The van der Waals surface area contributed by atoms with Crippen LogP contribution in [0.2, 0.25) is 0 Å². The fraction of sp³-hybridized carbons (Fsp3) is 0.476. The lowest BCUT2D eigenvalue weighted by molar-refractivity contribution is 0.0879. The van der Waals surface area contributed by atoms with Crippen LogP contribution in [0.15, 0.2) is 41.8 Å². The number of hydrogen-bond acceptors (Lipinski definition) is 8. The van der Waals surface area contributed by atoms with E-state index in [1.807, 2.05) is 31.8 Å². The number of rotatable bonds is 5. The number of hydrazine groups is 2. The van der Waals surface area contributed by atoms with E-state index >= 15 is 0 Å². The summed E-state index contributed by atoms with van der Waals surface area (Å²) in [6, 6.07) is 5.11. The Hall–Kier alpha value is -2.56. The highest BCUT2D eigenvalue weighted by atomic mass is 32.2. The Kier molecular flexibility index (Phi) is 6.63. The fourth-order valence-electron chi connectivity index (χ4n) is 3.40. The number of nitrogens with one attached hydrogen (secondary N) is 1. The van der Waals surface area contributed by atoms with Crippen LogP contribution in [0.3, 0.4) is 0 Å². The van der Waals surface area contributed by atoms with Gasteiger partial charge < -0.3 is 5.73 Å². The summed E-state index contributed by atoms with van der Waals surface area (Å²) in [5.41, 5.74) is 10.5. The maximum absolute atomic E-state index is 12.9. The van der Waals surface area contributed by atoms with Crippen LogP contribution in [0.5, 0.6) is 0 Å². The molecule has 3 rings (SSSR count). The zero-order valence-corrected chi connectivity index (χ0v) is 19.2. The molecule has 1 aliphatic rings. The number of anilines is 1. The lowest BCUT2D eigenvalue weighted by Gasteiger charge is -2.40. The van der Waals surface area contributed by atoms with Gasteiger partial charge in [-0.05, 0) is 42.0 Å². The van der Waals surface area contributed by atoms with Crippen LogP contribution >= 0.6 is 0 Å². The van der Waals surface area contributed by atoms with Gasteiger partial charge >= 0.3 is 0 Å². The molecule has 1 aromatic heterocycles. The van der Waals surface area contributed by atoms with E-state index < -0.39 is 15.7 Å². The fourth-order valence-corrected chi connectivity index (χ4v) is 4.08. The van der Waals surface area contributed by atoms with Gasteiger partial charge in [-0.25, -0.2) is 33.9 Å². The molecule has 1 atom stereocenters. The number of sulfone groups is 1. The summed E-state index contributed by atoms with van der Waals surface area (Å²) >= 11 is 0. The Morgan fingerprint density at radius 3 is 2.48 bits per heavy atom. The molecule has 0 aliphatic carbocycles. The largest absolute Gasteiger partial charge is 0.326 e. The smallest absolute Gasteiger partial charge is 0.274 e. The first kappa shape index (κ1) is 23.1. The van der Waals surface area contributed by atoms with Crippen LogP contribution in [-0.2, 0) is 15.3 Å². The number of nitrogens with two attached hydrogens (primary N) is 1. The van der Waals surface area contributed by atoms with Crippen molar-refractivity contribution < 1.29 is 13.2 Å². The summed E-state index contributed by atoms with van der Waals surface area (Å²) in [6.07, 6.45) is 7.14. The monoisotopic (exact) mass is 446 g/mol. The van der Waals surface area contributed by atoms with Crippen molar-refractivity contribution in [1.82, 2.24) is 20.4 Å². The average Bonchev–Trinajstić information content (AvgIpc) is 2.71. The molecule has 3 N–H and O–H groups in total. The third kappa shape index (κ3) is 5.78. The number of aromatic nitrogens is 2. The van der Waals surface area contributed by atoms with Crippen LogP contribution in [0.4, 0.5) is 5.69 Å². The van der Waals surface area contributed by atoms with Crippen LogP contribution in [0.25, 0.3) is 0 Å². The molecule has 1 fully saturated rings. The third-order valence-electron chi connectivity index (χ3n) is 5.18. The Morgan fingerprint density at radius 1 is 1.23 bits per heavy atom. The van der Waals surface area contributed by atoms with Gasteiger partial charge in [0.1, 0.15) is 6.33 Å². The van der Waals surface area contributed by atoms with Crippen molar-refractivity contribution in [3.63, 3.8) is 0 Å². The molecule has 1 amide bonds. The van der Waals surface area contributed by atoms with Crippen molar-refractivity contribution in [3.05, 3.63) is 48.0 Å². The van der Waals surface area contributed by atoms with Gasteiger partial charge in [-0.1, -0.05) is 20.8 Å². The lowest BCUT2D eigenvalue weighted by Crippen LogP contribution is -2.58. The summed E-state index contributed by atoms with van der Waals surface area (Å²) in [5.74, 6) is -0.401. The molecule has 0 radical (unpaired) electrons. The number of nitrogens with zero attached hydrogens (tertiary/aromatic N) is 4. The molecule has 10 heteroatoms. The molecule has 2 heterocycles. The normalized spacial score (nSPS) is 17.9. The summed E-state index contributed by atoms with van der Waals surface area (Å²) in [4.78, 5) is 20.9. The Morgan fingerprint density at radius 2 is 1.90 bits per heavy atom. The molecule has 0 unspecified atom stereocenters. The summed E-state index contributed by atoms with van der Waals surface area (Å²) in [5, 5.41) is 3.54. The molecule has 2 aromatic rings. The van der Waals surface area contributed by atoms with Gasteiger partial charge in [0.25, 0.3) is 5.91 Å². The molecule has 1 aliphatic heterocycles. The second kappa shape index (κ2) is 8.89. The number of carbonyl (C=O) groups is 1. The second-order valence-corrected chi connectivity index (χ2v) is 10.9. The number of benzene rings is 1. The predicted octanol–water partition coefficient (Wildman–Crippen LogP) is 1.67. The van der Waals surface area contributed by atoms with E-state index in [1.165, 1.54) is 25.0 Å². The van der Waals surface area contributed by atoms with Crippen molar-refractivity contribution in [2.24, 2.45) is 5.73 Å². The van der Waals surface area contributed by atoms with Gasteiger partial charge in [0.05, 0.1) is 16.1 Å². The molecule has 1 saturated heterocycles. The number of amides is 1. The maximum Gasteiger partial charge on any atom is 0.274 e. The Balaban J connectivity index is 2.08. The molecule has 9 nitrogen and oxygen atoms in total. The highest BCUT2D eigenvalue weighted by Crippen LogP contribution is 2.31. The van der Waals surface area contributed by atoms with E-state index in [2.05, 4.69) is 15.4 Å². The SMILES string of the molecule is CC(C)(C)c1cc(N(NC(=O)c2cncnc2)N2CCC[C@H](N)C2)cc(S(C)(=O)=O)c1. The minimum absolute atomic E-state index is 0.0478. The summed E-state index contributed by atoms with van der Waals surface area (Å²) < 4.78 is 24.8. The standard InChI is InChI=1S/C21H30N6O3S/c1-21(2,3)16-8-18(10-19(9-16)31(4,29)30)27(26-7-5-6-17(22)13-26)25-20(28)15-11-23-14-24-12-15/h8-12,14,17H,5-7,13,22H2,1-4H3,(H,25,28)/t17-/m0/s1. The van der Waals surface area contributed by atoms with E-state index in [-0.39, 0.29) is 16.4 Å². The first-order valence-corrected chi connectivity index (χ1v) is 12.1. The van der Waals surface area contributed by atoms with Crippen molar-refractivity contribution in [2.45, 2.75) is 50.0 Å². The van der Waals surface area contributed by atoms with Gasteiger partial charge in [-0.3, -0.25) is 4.79 Å². The van der Waals surface area contributed by atoms with Crippen molar-refractivity contribution in [3.8, 4) is 0 Å². The Bertz CT molecular complexity index is 1040. The molecule has 0 saturated carbocycles. The minimum atomic E-state index is -3.47. The van der Waals surface area contributed by atoms with E-state index in [0.29, 0.717) is 24.3 Å². The zero-order valence-electron chi connectivity index (χ0n) is 18.4. The van der Waals surface area contributed by atoms with E-state index in [4.69, 9.17) is 5.73 Å². The van der Waals surface area contributed by atoms with Crippen LogP contribution in [0.1, 0.15) is 49.5 Å². The molecular weight excluding hydrogens is 416 g/mol. The van der Waals surface area contributed by atoms with Crippen LogP contribution in [0, 0.1) is 0 Å². The van der Waals surface area contributed by atoms with Gasteiger partial charge in [0.2, 0.25) is 0 Å².